The Kier molecular flexibility index (Phi) is 5.38. The molecule has 1 heterocycles. The number of benzene rings is 1. The van der Waals surface area contributed by atoms with Crippen LogP contribution in [0.5, 0.6) is 0 Å². The lowest BCUT2D eigenvalue weighted by Gasteiger charge is -2.23. The van der Waals surface area contributed by atoms with Gasteiger partial charge in [-0.05, 0) is 17.7 Å². The Balaban J connectivity index is 1.74. The van der Waals surface area contributed by atoms with Gasteiger partial charge in [0.1, 0.15) is 0 Å². The molecule has 0 radical (unpaired) electrons. The number of carbonyl (C=O) groups excluding carboxylic acids is 1. The summed E-state index contributed by atoms with van der Waals surface area (Å²) < 4.78 is 5.33. The Labute approximate surface area is 120 Å². The van der Waals surface area contributed by atoms with Gasteiger partial charge in [0.25, 0.3) is 0 Å². The molecule has 1 unspecified atom stereocenters. The standard InChI is InChI=1S/C15H23N3O2/c1-18(2)14-5-3-12(4-6-14)10-17-15(19)9-13-11-20-8-7-16-13/h3-6,13,16H,7-11H2,1-2H3,(H,17,19). The first-order chi connectivity index (χ1) is 9.65. The fourth-order valence-corrected chi connectivity index (χ4v) is 2.16. The summed E-state index contributed by atoms with van der Waals surface area (Å²) in [5.41, 5.74) is 2.26. The molecule has 5 nitrogen and oxygen atoms in total. The minimum Gasteiger partial charge on any atom is -0.378 e. The van der Waals surface area contributed by atoms with Crippen LogP contribution in [0.3, 0.4) is 0 Å². The molecular formula is C15H23N3O2. The Morgan fingerprint density at radius 2 is 2.15 bits per heavy atom. The molecule has 1 atom stereocenters. The van der Waals surface area contributed by atoms with Gasteiger partial charge in [0.2, 0.25) is 5.91 Å². The summed E-state index contributed by atoms with van der Waals surface area (Å²) in [7, 11) is 4.02. The van der Waals surface area contributed by atoms with E-state index < -0.39 is 0 Å². The molecule has 110 valence electrons. The van der Waals surface area contributed by atoms with Crippen molar-refractivity contribution in [2.24, 2.45) is 0 Å². The molecule has 0 aromatic heterocycles. The minimum atomic E-state index is 0.0599. The second-order valence-electron chi connectivity index (χ2n) is 5.27. The van der Waals surface area contributed by atoms with Crippen molar-refractivity contribution in [3.05, 3.63) is 29.8 Å². The van der Waals surface area contributed by atoms with Gasteiger partial charge in [-0.2, -0.15) is 0 Å². The van der Waals surface area contributed by atoms with Gasteiger partial charge in [-0.15, -0.1) is 0 Å². The first-order valence-electron chi connectivity index (χ1n) is 6.99. The number of ether oxygens (including phenoxy) is 1. The molecule has 0 saturated carbocycles. The molecule has 2 N–H and O–H groups in total. The normalized spacial score (nSPS) is 18.6. The Morgan fingerprint density at radius 3 is 2.75 bits per heavy atom. The zero-order valence-electron chi connectivity index (χ0n) is 12.2. The molecule has 1 amide bonds. The predicted octanol–water partition coefficient (Wildman–Crippen LogP) is 0.747. The Morgan fingerprint density at radius 1 is 1.40 bits per heavy atom. The molecule has 1 saturated heterocycles. The van der Waals surface area contributed by atoms with Crippen LogP contribution in [0.1, 0.15) is 12.0 Å². The summed E-state index contributed by atoms with van der Waals surface area (Å²) in [5.74, 6) is 0.0599. The maximum absolute atomic E-state index is 11.8. The van der Waals surface area contributed by atoms with Crippen molar-refractivity contribution in [2.45, 2.75) is 19.0 Å². The summed E-state index contributed by atoms with van der Waals surface area (Å²) in [6, 6.07) is 8.32. The largest absolute Gasteiger partial charge is 0.378 e. The van der Waals surface area contributed by atoms with E-state index in [2.05, 4.69) is 27.7 Å². The second kappa shape index (κ2) is 7.26. The molecule has 0 spiro atoms. The molecule has 0 bridgehead atoms. The highest BCUT2D eigenvalue weighted by atomic mass is 16.5. The maximum atomic E-state index is 11.8. The van der Waals surface area contributed by atoms with Crippen molar-refractivity contribution in [3.63, 3.8) is 0 Å². The monoisotopic (exact) mass is 277 g/mol. The third-order valence-electron chi connectivity index (χ3n) is 3.37. The number of hydrogen-bond acceptors (Lipinski definition) is 4. The van der Waals surface area contributed by atoms with Crippen molar-refractivity contribution >= 4 is 11.6 Å². The van der Waals surface area contributed by atoms with Crippen molar-refractivity contribution in [1.82, 2.24) is 10.6 Å². The van der Waals surface area contributed by atoms with Crippen LogP contribution in [-0.2, 0) is 16.1 Å². The average molecular weight is 277 g/mol. The lowest BCUT2D eigenvalue weighted by Crippen LogP contribution is -2.44. The van der Waals surface area contributed by atoms with Crippen LogP contribution in [0.25, 0.3) is 0 Å². The topological polar surface area (TPSA) is 53.6 Å². The molecule has 5 heteroatoms. The molecule has 1 fully saturated rings. The average Bonchev–Trinajstić information content (AvgIpc) is 2.46. The van der Waals surface area contributed by atoms with Gasteiger partial charge in [0.05, 0.1) is 13.2 Å². The van der Waals surface area contributed by atoms with Crippen molar-refractivity contribution < 1.29 is 9.53 Å². The third kappa shape index (κ3) is 4.51. The number of carbonyl (C=O) groups is 1. The molecular weight excluding hydrogens is 254 g/mol. The van der Waals surface area contributed by atoms with E-state index in [0.29, 0.717) is 19.6 Å². The van der Waals surface area contributed by atoms with Crippen LogP contribution in [-0.4, -0.2) is 45.8 Å². The van der Waals surface area contributed by atoms with Gasteiger partial charge in [0.15, 0.2) is 0 Å². The van der Waals surface area contributed by atoms with E-state index in [1.54, 1.807) is 0 Å². The SMILES string of the molecule is CN(C)c1ccc(CNC(=O)CC2COCCN2)cc1. The van der Waals surface area contributed by atoms with E-state index in [4.69, 9.17) is 4.74 Å². The number of hydrogen-bond donors (Lipinski definition) is 2. The zero-order valence-corrected chi connectivity index (χ0v) is 12.2. The van der Waals surface area contributed by atoms with E-state index in [0.717, 1.165) is 24.4 Å². The fourth-order valence-electron chi connectivity index (χ4n) is 2.16. The predicted molar refractivity (Wildman–Crippen MR) is 79.8 cm³/mol. The van der Waals surface area contributed by atoms with Crippen LogP contribution in [0, 0.1) is 0 Å². The quantitative estimate of drug-likeness (QED) is 0.834. The van der Waals surface area contributed by atoms with Gasteiger partial charge in [-0.25, -0.2) is 0 Å². The number of rotatable bonds is 5. The highest BCUT2D eigenvalue weighted by Crippen LogP contribution is 2.12. The van der Waals surface area contributed by atoms with Crippen molar-refractivity contribution in [3.8, 4) is 0 Å². The molecule has 2 rings (SSSR count). The smallest absolute Gasteiger partial charge is 0.221 e. The third-order valence-corrected chi connectivity index (χ3v) is 3.37. The van der Waals surface area contributed by atoms with E-state index in [-0.39, 0.29) is 11.9 Å². The molecule has 0 aliphatic carbocycles. The molecule has 1 aromatic rings. The van der Waals surface area contributed by atoms with Crippen LogP contribution < -0.4 is 15.5 Å². The molecule has 20 heavy (non-hydrogen) atoms. The van der Waals surface area contributed by atoms with Crippen LogP contribution in [0.4, 0.5) is 5.69 Å². The highest BCUT2D eigenvalue weighted by Gasteiger charge is 2.16. The summed E-state index contributed by atoms with van der Waals surface area (Å²) in [5, 5.41) is 6.22. The minimum absolute atomic E-state index is 0.0599. The summed E-state index contributed by atoms with van der Waals surface area (Å²) >= 11 is 0. The number of nitrogens with zero attached hydrogens (tertiary/aromatic N) is 1. The van der Waals surface area contributed by atoms with Crippen LogP contribution >= 0.6 is 0 Å². The lowest BCUT2D eigenvalue weighted by atomic mass is 10.1. The van der Waals surface area contributed by atoms with Crippen molar-refractivity contribution in [2.75, 3.05) is 38.8 Å². The summed E-state index contributed by atoms with van der Waals surface area (Å²) in [6.45, 7) is 2.74. The van der Waals surface area contributed by atoms with Gasteiger partial charge >= 0.3 is 0 Å². The van der Waals surface area contributed by atoms with E-state index in [9.17, 15) is 4.79 Å². The number of morpholine rings is 1. The van der Waals surface area contributed by atoms with Gasteiger partial charge in [0, 0.05) is 45.3 Å². The first kappa shape index (κ1) is 14.8. The molecule has 1 aliphatic rings. The number of nitrogens with one attached hydrogen (secondary N) is 2. The highest BCUT2D eigenvalue weighted by molar-refractivity contribution is 5.76. The van der Waals surface area contributed by atoms with E-state index in [1.165, 1.54) is 0 Å². The maximum Gasteiger partial charge on any atom is 0.221 e. The number of amides is 1. The Bertz CT molecular complexity index is 425. The van der Waals surface area contributed by atoms with Gasteiger partial charge < -0.3 is 20.3 Å². The lowest BCUT2D eigenvalue weighted by molar-refractivity contribution is -0.122. The van der Waals surface area contributed by atoms with Crippen LogP contribution in [0.15, 0.2) is 24.3 Å². The molecule has 1 aromatic carbocycles. The molecule has 1 aliphatic heterocycles. The summed E-state index contributed by atoms with van der Waals surface area (Å²) in [6.07, 6.45) is 0.468. The van der Waals surface area contributed by atoms with Crippen LogP contribution in [0.2, 0.25) is 0 Å². The van der Waals surface area contributed by atoms with Crippen molar-refractivity contribution in [1.29, 1.82) is 0 Å². The van der Waals surface area contributed by atoms with E-state index in [1.807, 2.05) is 26.2 Å². The van der Waals surface area contributed by atoms with Gasteiger partial charge in [-0.3, -0.25) is 4.79 Å². The number of anilines is 1. The first-order valence-corrected chi connectivity index (χ1v) is 6.99. The Hall–Kier alpha value is -1.59. The zero-order chi connectivity index (χ0) is 14.4. The van der Waals surface area contributed by atoms with E-state index >= 15 is 0 Å². The summed E-state index contributed by atoms with van der Waals surface area (Å²) in [4.78, 5) is 13.9. The van der Waals surface area contributed by atoms with Gasteiger partial charge in [-0.1, -0.05) is 12.1 Å². The second-order valence-corrected chi connectivity index (χ2v) is 5.27. The fraction of sp³-hybridized carbons (Fsp3) is 0.533.